The fourth-order valence-electron chi connectivity index (χ4n) is 3.43. The highest BCUT2D eigenvalue weighted by molar-refractivity contribution is 5.78. The highest BCUT2D eigenvalue weighted by Gasteiger charge is 2.28. The molecule has 7 nitrogen and oxygen atoms in total. The lowest BCUT2D eigenvalue weighted by Gasteiger charge is -2.33. The van der Waals surface area contributed by atoms with E-state index >= 15 is 0 Å². The van der Waals surface area contributed by atoms with Gasteiger partial charge in [-0.3, -0.25) is 19.7 Å². The highest BCUT2D eigenvalue weighted by atomic mass is 16.5. The SMILES string of the molecule is CCN(CC)C(=O)CN1CCO[C@@H](c2nccnc2-c2ccc(OC)cc2)C1. The molecule has 0 unspecified atom stereocenters. The van der Waals surface area contributed by atoms with Gasteiger partial charge in [-0.1, -0.05) is 0 Å². The van der Waals surface area contributed by atoms with Crippen LogP contribution in [0.3, 0.4) is 0 Å². The Labute approximate surface area is 166 Å². The fraction of sp³-hybridized carbons (Fsp3) is 0.476. The first-order valence-corrected chi connectivity index (χ1v) is 9.73. The van der Waals surface area contributed by atoms with Crippen molar-refractivity contribution in [2.75, 3.05) is 46.4 Å². The van der Waals surface area contributed by atoms with E-state index in [0.717, 1.165) is 42.3 Å². The molecular formula is C21H28N4O3. The van der Waals surface area contributed by atoms with Gasteiger partial charge in [0, 0.05) is 44.1 Å². The van der Waals surface area contributed by atoms with Gasteiger partial charge in [0.25, 0.3) is 0 Å². The van der Waals surface area contributed by atoms with Crippen molar-refractivity contribution in [1.82, 2.24) is 19.8 Å². The fourth-order valence-corrected chi connectivity index (χ4v) is 3.43. The van der Waals surface area contributed by atoms with Crippen LogP contribution in [0.1, 0.15) is 25.6 Å². The first-order valence-electron chi connectivity index (χ1n) is 9.73. The molecule has 1 fully saturated rings. The molecule has 0 spiro atoms. The number of aromatic nitrogens is 2. The Bertz CT molecular complexity index is 777. The lowest BCUT2D eigenvalue weighted by molar-refractivity contribution is -0.134. The molecule has 1 aromatic carbocycles. The van der Waals surface area contributed by atoms with E-state index in [0.29, 0.717) is 19.7 Å². The van der Waals surface area contributed by atoms with Crippen LogP contribution in [-0.2, 0) is 9.53 Å². The third-order valence-electron chi connectivity index (χ3n) is 5.02. The molecule has 0 aliphatic carbocycles. The third kappa shape index (κ3) is 4.66. The molecule has 1 amide bonds. The lowest BCUT2D eigenvalue weighted by Crippen LogP contribution is -2.45. The van der Waals surface area contributed by atoms with Crippen LogP contribution < -0.4 is 4.74 Å². The summed E-state index contributed by atoms with van der Waals surface area (Å²) in [6, 6.07) is 7.75. The summed E-state index contributed by atoms with van der Waals surface area (Å²) >= 11 is 0. The van der Waals surface area contributed by atoms with Crippen molar-refractivity contribution in [3.8, 4) is 17.0 Å². The van der Waals surface area contributed by atoms with Crippen molar-refractivity contribution in [2.24, 2.45) is 0 Å². The second-order valence-electron chi connectivity index (χ2n) is 6.68. The summed E-state index contributed by atoms with van der Waals surface area (Å²) in [4.78, 5) is 25.6. The second-order valence-corrected chi connectivity index (χ2v) is 6.68. The summed E-state index contributed by atoms with van der Waals surface area (Å²) in [5.74, 6) is 0.948. The van der Waals surface area contributed by atoms with E-state index in [-0.39, 0.29) is 12.0 Å². The first kappa shape index (κ1) is 20.2. The predicted molar refractivity (Wildman–Crippen MR) is 107 cm³/mol. The van der Waals surface area contributed by atoms with E-state index in [1.165, 1.54) is 0 Å². The number of amides is 1. The van der Waals surface area contributed by atoms with Crippen molar-refractivity contribution in [1.29, 1.82) is 0 Å². The number of hydrogen-bond donors (Lipinski definition) is 0. The Kier molecular flexibility index (Phi) is 6.95. The van der Waals surface area contributed by atoms with Gasteiger partial charge in [0.2, 0.25) is 5.91 Å². The van der Waals surface area contributed by atoms with Crippen LogP contribution in [0.15, 0.2) is 36.7 Å². The van der Waals surface area contributed by atoms with Gasteiger partial charge in [-0.2, -0.15) is 0 Å². The summed E-state index contributed by atoms with van der Waals surface area (Å²) < 4.78 is 11.2. The maximum atomic E-state index is 12.5. The number of hydrogen-bond acceptors (Lipinski definition) is 6. The largest absolute Gasteiger partial charge is 0.497 e. The lowest BCUT2D eigenvalue weighted by atomic mass is 10.0. The van der Waals surface area contributed by atoms with Crippen molar-refractivity contribution >= 4 is 5.91 Å². The van der Waals surface area contributed by atoms with Crippen LogP contribution in [0, 0.1) is 0 Å². The van der Waals surface area contributed by atoms with Crippen molar-refractivity contribution in [2.45, 2.75) is 20.0 Å². The zero-order chi connectivity index (χ0) is 19.9. The molecule has 0 saturated carbocycles. The average Bonchev–Trinajstić information content (AvgIpc) is 2.75. The molecule has 1 saturated heterocycles. The van der Waals surface area contributed by atoms with Gasteiger partial charge in [0.05, 0.1) is 31.6 Å². The maximum Gasteiger partial charge on any atom is 0.236 e. The monoisotopic (exact) mass is 384 g/mol. The Morgan fingerprint density at radius 3 is 2.61 bits per heavy atom. The highest BCUT2D eigenvalue weighted by Crippen LogP contribution is 2.29. The molecule has 1 aliphatic heterocycles. The topological polar surface area (TPSA) is 67.8 Å². The van der Waals surface area contributed by atoms with E-state index in [2.05, 4.69) is 14.9 Å². The quantitative estimate of drug-likeness (QED) is 0.730. The molecule has 3 rings (SSSR count). The average molecular weight is 384 g/mol. The molecule has 0 bridgehead atoms. The molecule has 0 N–H and O–H groups in total. The van der Waals surface area contributed by atoms with Crippen LogP contribution in [-0.4, -0.2) is 72.1 Å². The number of carbonyl (C=O) groups excluding carboxylic acids is 1. The molecule has 1 atom stereocenters. The van der Waals surface area contributed by atoms with Crippen LogP contribution >= 0.6 is 0 Å². The molecule has 1 aliphatic rings. The number of rotatable bonds is 7. The van der Waals surface area contributed by atoms with E-state index < -0.39 is 0 Å². The molecule has 7 heteroatoms. The first-order chi connectivity index (χ1) is 13.7. The molecule has 1 aromatic heterocycles. The molecule has 0 radical (unpaired) electrons. The van der Waals surface area contributed by atoms with Crippen LogP contribution in [0.5, 0.6) is 5.75 Å². The van der Waals surface area contributed by atoms with Crippen molar-refractivity contribution in [3.05, 3.63) is 42.4 Å². The minimum absolute atomic E-state index is 0.153. The van der Waals surface area contributed by atoms with Crippen LogP contribution in [0.4, 0.5) is 0 Å². The summed E-state index contributed by atoms with van der Waals surface area (Å²) in [5.41, 5.74) is 2.56. The molecule has 150 valence electrons. The van der Waals surface area contributed by atoms with E-state index in [1.54, 1.807) is 19.5 Å². The Morgan fingerprint density at radius 1 is 1.21 bits per heavy atom. The molecule has 2 heterocycles. The van der Waals surface area contributed by atoms with Crippen molar-refractivity contribution in [3.63, 3.8) is 0 Å². The van der Waals surface area contributed by atoms with Gasteiger partial charge >= 0.3 is 0 Å². The molecular weight excluding hydrogens is 356 g/mol. The third-order valence-corrected chi connectivity index (χ3v) is 5.02. The van der Waals surface area contributed by atoms with Gasteiger partial charge in [-0.15, -0.1) is 0 Å². The minimum Gasteiger partial charge on any atom is -0.497 e. The molecule has 2 aromatic rings. The van der Waals surface area contributed by atoms with Gasteiger partial charge < -0.3 is 14.4 Å². The maximum absolute atomic E-state index is 12.5. The Hall–Kier alpha value is -2.51. The normalized spacial score (nSPS) is 17.3. The van der Waals surface area contributed by atoms with Gasteiger partial charge in [0.1, 0.15) is 11.9 Å². The smallest absolute Gasteiger partial charge is 0.236 e. The number of methoxy groups -OCH3 is 1. The predicted octanol–water partition coefficient (Wildman–Crippen LogP) is 2.39. The van der Waals surface area contributed by atoms with Gasteiger partial charge in [-0.25, -0.2) is 0 Å². The Morgan fingerprint density at radius 2 is 1.93 bits per heavy atom. The Balaban J connectivity index is 1.77. The summed E-state index contributed by atoms with van der Waals surface area (Å²) in [6.45, 7) is 7.79. The van der Waals surface area contributed by atoms with E-state index in [4.69, 9.17) is 9.47 Å². The number of morpholine rings is 1. The number of ether oxygens (including phenoxy) is 2. The molecule has 28 heavy (non-hydrogen) atoms. The van der Waals surface area contributed by atoms with Crippen molar-refractivity contribution < 1.29 is 14.3 Å². The summed E-state index contributed by atoms with van der Waals surface area (Å²) in [7, 11) is 1.65. The van der Waals surface area contributed by atoms with E-state index in [1.807, 2.05) is 43.0 Å². The standard InChI is InChI=1S/C21H28N4O3/c1-4-25(5-2)19(26)15-24-12-13-28-18(14-24)21-20(22-10-11-23-21)16-6-8-17(27-3)9-7-16/h6-11,18H,4-5,12-15H2,1-3H3/t18-/m1/s1. The van der Waals surface area contributed by atoms with Gasteiger partial charge in [0.15, 0.2) is 0 Å². The zero-order valence-corrected chi connectivity index (χ0v) is 16.8. The second kappa shape index (κ2) is 9.61. The van der Waals surface area contributed by atoms with Crippen LogP contribution in [0.25, 0.3) is 11.3 Å². The number of nitrogens with zero attached hydrogens (tertiary/aromatic N) is 4. The number of carbonyl (C=O) groups is 1. The van der Waals surface area contributed by atoms with Gasteiger partial charge in [-0.05, 0) is 38.1 Å². The number of likely N-dealkylation sites (N-methyl/N-ethyl adjacent to an activating group) is 1. The zero-order valence-electron chi connectivity index (χ0n) is 16.8. The number of benzene rings is 1. The minimum atomic E-state index is -0.218. The van der Waals surface area contributed by atoms with Crippen LogP contribution in [0.2, 0.25) is 0 Å². The summed E-state index contributed by atoms with van der Waals surface area (Å²) in [6.07, 6.45) is 3.16. The van der Waals surface area contributed by atoms with E-state index in [9.17, 15) is 4.79 Å². The summed E-state index contributed by atoms with van der Waals surface area (Å²) in [5, 5.41) is 0.